The Kier molecular flexibility index (Phi) is 4.06. The number of anilines is 1. The zero-order chi connectivity index (χ0) is 13.1. The van der Waals surface area contributed by atoms with Gasteiger partial charge in [-0.2, -0.15) is 4.98 Å². The number of hydrogen-bond donors (Lipinski definition) is 1. The molecule has 0 bridgehead atoms. The number of aromatic nitrogens is 1. The Morgan fingerprint density at radius 2 is 2.26 bits per heavy atom. The Hall–Kier alpha value is -1.03. The van der Waals surface area contributed by atoms with Crippen LogP contribution in [0.3, 0.4) is 0 Å². The van der Waals surface area contributed by atoms with E-state index >= 15 is 0 Å². The number of hydrogen-bond acceptors (Lipinski definition) is 4. The Labute approximate surface area is 115 Å². The molecule has 0 amide bonds. The molecule has 4 heteroatoms. The standard InChI is InChI=1S/C15H25N3O/c1-2-8-16-10-13-11-19-15(17-13)18-9-7-12-5-3-4-6-14(12)18/h11-12,14,16H,2-10H2,1H3. The smallest absolute Gasteiger partial charge is 0.297 e. The molecule has 1 saturated carbocycles. The van der Waals surface area contributed by atoms with Crippen LogP contribution in [0.2, 0.25) is 0 Å². The zero-order valence-corrected chi connectivity index (χ0v) is 11.9. The summed E-state index contributed by atoms with van der Waals surface area (Å²) in [6.07, 6.45) is 9.77. The largest absolute Gasteiger partial charge is 0.432 e. The van der Waals surface area contributed by atoms with Crippen molar-refractivity contribution in [3.8, 4) is 0 Å². The van der Waals surface area contributed by atoms with Crippen molar-refractivity contribution in [2.45, 2.75) is 58.0 Å². The summed E-state index contributed by atoms with van der Waals surface area (Å²) in [5.41, 5.74) is 1.03. The maximum absolute atomic E-state index is 5.70. The first kappa shape index (κ1) is 13.0. The molecule has 2 unspecified atom stereocenters. The lowest BCUT2D eigenvalue weighted by Gasteiger charge is -2.30. The van der Waals surface area contributed by atoms with Gasteiger partial charge in [-0.05, 0) is 38.1 Å². The molecule has 19 heavy (non-hydrogen) atoms. The van der Waals surface area contributed by atoms with Crippen LogP contribution < -0.4 is 10.2 Å². The fourth-order valence-electron chi connectivity index (χ4n) is 3.55. The van der Waals surface area contributed by atoms with Gasteiger partial charge in [-0.15, -0.1) is 0 Å². The minimum absolute atomic E-state index is 0.684. The molecule has 1 aliphatic heterocycles. The lowest BCUT2D eigenvalue weighted by Crippen LogP contribution is -2.34. The molecule has 1 aromatic rings. The van der Waals surface area contributed by atoms with Crippen molar-refractivity contribution in [1.82, 2.24) is 10.3 Å². The molecule has 1 aliphatic carbocycles. The third-order valence-corrected chi connectivity index (χ3v) is 4.53. The summed E-state index contributed by atoms with van der Waals surface area (Å²) in [5, 5.41) is 3.37. The van der Waals surface area contributed by atoms with E-state index in [1.165, 1.54) is 32.1 Å². The summed E-state index contributed by atoms with van der Waals surface area (Å²) in [5.74, 6) is 0.877. The van der Waals surface area contributed by atoms with E-state index in [4.69, 9.17) is 4.42 Å². The van der Waals surface area contributed by atoms with Crippen molar-refractivity contribution in [3.63, 3.8) is 0 Å². The van der Waals surface area contributed by atoms with Crippen molar-refractivity contribution in [2.75, 3.05) is 18.0 Å². The van der Waals surface area contributed by atoms with Gasteiger partial charge in [0.25, 0.3) is 6.01 Å². The fourth-order valence-corrected chi connectivity index (χ4v) is 3.55. The topological polar surface area (TPSA) is 41.3 Å². The minimum Gasteiger partial charge on any atom is -0.432 e. The van der Waals surface area contributed by atoms with E-state index in [-0.39, 0.29) is 0 Å². The predicted octanol–water partition coefficient (Wildman–Crippen LogP) is 2.94. The molecular formula is C15H25N3O. The van der Waals surface area contributed by atoms with Crippen LogP contribution in [0.15, 0.2) is 10.7 Å². The third-order valence-electron chi connectivity index (χ3n) is 4.53. The summed E-state index contributed by atoms with van der Waals surface area (Å²) in [6, 6.07) is 1.53. The van der Waals surface area contributed by atoms with Crippen LogP contribution in [-0.4, -0.2) is 24.1 Å². The Morgan fingerprint density at radius 1 is 1.37 bits per heavy atom. The molecule has 2 heterocycles. The summed E-state index contributed by atoms with van der Waals surface area (Å²) >= 11 is 0. The Morgan fingerprint density at radius 3 is 3.16 bits per heavy atom. The highest BCUT2D eigenvalue weighted by Gasteiger charge is 2.37. The van der Waals surface area contributed by atoms with E-state index in [0.717, 1.165) is 43.7 Å². The summed E-state index contributed by atoms with van der Waals surface area (Å²) in [6.45, 7) is 5.15. The molecule has 2 aliphatic rings. The van der Waals surface area contributed by atoms with Crippen LogP contribution in [-0.2, 0) is 6.54 Å². The van der Waals surface area contributed by atoms with Gasteiger partial charge < -0.3 is 14.6 Å². The number of nitrogens with zero attached hydrogens (tertiary/aromatic N) is 2. The first-order valence-corrected chi connectivity index (χ1v) is 7.80. The van der Waals surface area contributed by atoms with Crippen molar-refractivity contribution in [2.24, 2.45) is 5.92 Å². The van der Waals surface area contributed by atoms with Crippen molar-refractivity contribution in [1.29, 1.82) is 0 Å². The van der Waals surface area contributed by atoms with Crippen LogP contribution in [0.25, 0.3) is 0 Å². The summed E-state index contributed by atoms with van der Waals surface area (Å²) in [7, 11) is 0. The second-order valence-electron chi connectivity index (χ2n) is 5.89. The number of fused-ring (bicyclic) bond motifs is 1. The fraction of sp³-hybridized carbons (Fsp3) is 0.800. The van der Waals surface area contributed by atoms with Crippen LogP contribution in [0.4, 0.5) is 6.01 Å². The zero-order valence-electron chi connectivity index (χ0n) is 11.9. The number of nitrogens with one attached hydrogen (secondary N) is 1. The highest BCUT2D eigenvalue weighted by atomic mass is 16.4. The molecule has 2 atom stereocenters. The molecule has 3 rings (SSSR count). The summed E-state index contributed by atoms with van der Waals surface area (Å²) < 4.78 is 5.70. The highest BCUT2D eigenvalue weighted by Crippen LogP contribution is 2.38. The molecular weight excluding hydrogens is 238 g/mol. The van der Waals surface area contributed by atoms with Crippen molar-refractivity contribution >= 4 is 6.01 Å². The number of oxazole rings is 1. The van der Waals surface area contributed by atoms with Gasteiger partial charge in [0.2, 0.25) is 0 Å². The van der Waals surface area contributed by atoms with E-state index in [9.17, 15) is 0 Å². The van der Waals surface area contributed by atoms with Gasteiger partial charge in [-0.25, -0.2) is 0 Å². The van der Waals surface area contributed by atoms with E-state index < -0.39 is 0 Å². The quantitative estimate of drug-likeness (QED) is 0.829. The first-order valence-electron chi connectivity index (χ1n) is 7.80. The average Bonchev–Trinajstić information content (AvgIpc) is 3.05. The monoisotopic (exact) mass is 263 g/mol. The molecule has 1 N–H and O–H groups in total. The average molecular weight is 263 g/mol. The van der Waals surface area contributed by atoms with E-state index in [0.29, 0.717) is 6.04 Å². The molecule has 0 radical (unpaired) electrons. The molecule has 106 valence electrons. The van der Waals surface area contributed by atoms with Gasteiger partial charge in [0, 0.05) is 19.1 Å². The van der Waals surface area contributed by atoms with E-state index in [1.807, 2.05) is 6.26 Å². The first-order chi connectivity index (χ1) is 9.38. The van der Waals surface area contributed by atoms with Gasteiger partial charge in [0.1, 0.15) is 6.26 Å². The molecule has 4 nitrogen and oxygen atoms in total. The second kappa shape index (κ2) is 5.95. The van der Waals surface area contributed by atoms with E-state index in [2.05, 4.69) is 22.1 Å². The summed E-state index contributed by atoms with van der Waals surface area (Å²) in [4.78, 5) is 7.06. The van der Waals surface area contributed by atoms with Crippen molar-refractivity contribution < 1.29 is 4.42 Å². The van der Waals surface area contributed by atoms with Crippen LogP contribution >= 0.6 is 0 Å². The van der Waals surface area contributed by atoms with Gasteiger partial charge >= 0.3 is 0 Å². The second-order valence-corrected chi connectivity index (χ2v) is 5.89. The lowest BCUT2D eigenvalue weighted by atomic mass is 9.85. The SMILES string of the molecule is CCCNCc1coc(N2CCC3CCCCC32)n1. The van der Waals surface area contributed by atoms with Gasteiger partial charge in [0.15, 0.2) is 0 Å². The Balaban J connectivity index is 1.62. The van der Waals surface area contributed by atoms with Crippen LogP contribution in [0.5, 0.6) is 0 Å². The molecule has 0 spiro atoms. The Bertz CT molecular complexity index is 404. The van der Waals surface area contributed by atoms with Crippen LogP contribution in [0.1, 0.15) is 51.1 Å². The molecule has 0 aromatic carbocycles. The van der Waals surface area contributed by atoms with Gasteiger partial charge in [-0.3, -0.25) is 0 Å². The molecule has 1 saturated heterocycles. The highest BCUT2D eigenvalue weighted by molar-refractivity contribution is 5.32. The molecule has 2 fully saturated rings. The third kappa shape index (κ3) is 2.78. The lowest BCUT2D eigenvalue weighted by molar-refractivity contribution is 0.335. The maximum Gasteiger partial charge on any atom is 0.297 e. The molecule has 1 aromatic heterocycles. The maximum atomic E-state index is 5.70. The van der Waals surface area contributed by atoms with Crippen LogP contribution in [0, 0.1) is 5.92 Å². The predicted molar refractivity (Wildman–Crippen MR) is 76.2 cm³/mol. The van der Waals surface area contributed by atoms with E-state index in [1.54, 1.807) is 0 Å². The van der Waals surface area contributed by atoms with Gasteiger partial charge in [-0.1, -0.05) is 19.8 Å². The van der Waals surface area contributed by atoms with Crippen molar-refractivity contribution in [3.05, 3.63) is 12.0 Å². The van der Waals surface area contributed by atoms with Gasteiger partial charge in [0.05, 0.1) is 5.69 Å². The number of rotatable bonds is 5. The normalized spacial score (nSPS) is 26.7. The minimum atomic E-state index is 0.684.